The lowest BCUT2D eigenvalue weighted by Gasteiger charge is -2.30. The van der Waals surface area contributed by atoms with Crippen molar-refractivity contribution in [2.45, 2.75) is 36.4 Å². The van der Waals surface area contributed by atoms with E-state index in [1.165, 1.54) is 0 Å². The highest BCUT2D eigenvalue weighted by Gasteiger charge is 2.23. The van der Waals surface area contributed by atoms with E-state index in [4.69, 9.17) is 14.2 Å². The van der Waals surface area contributed by atoms with Crippen LogP contribution in [0.3, 0.4) is 0 Å². The third-order valence-corrected chi connectivity index (χ3v) is 6.86. The van der Waals surface area contributed by atoms with E-state index < -0.39 is 0 Å². The summed E-state index contributed by atoms with van der Waals surface area (Å²) in [6.07, 6.45) is 3.55. The van der Waals surface area contributed by atoms with Crippen molar-refractivity contribution in [2.75, 3.05) is 31.4 Å². The van der Waals surface area contributed by atoms with Crippen molar-refractivity contribution in [2.24, 2.45) is 0 Å². The maximum absolute atomic E-state index is 11.6. The Balaban J connectivity index is 1.11. The fourth-order valence-corrected chi connectivity index (χ4v) is 4.78. The summed E-state index contributed by atoms with van der Waals surface area (Å²) in [5.74, 6) is 1.68. The third-order valence-electron chi connectivity index (χ3n) is 5.79. The quantitative estimate of drug-likeness (QED) is 0.547. The number of thioether (sulfide) groups is 1. The Bertz CT molecular complexity index is 1150. The number of methoxy groups -OCH3 is 1. The number of amides is 1. The largest absolute Gasteiger partial charge is 0.489 e. The fraction of sp³-hybridized carbons (Fsp3) is 0.375. The van der Waals surface area contributed by atoms with E-state index >= 15 is 0 Å². The highest BCUT2D eigenvalue weighted by molar-refractivity contribution is 8.00. The summed E-state index contributed by atoms with van der Waals surface area (Å²) in [6, 6.07) is 12.2. The summed E-state index contributed by atoms with van der Waals surface area (Å²) in [4.78, 5) is 21.6. The minimum atomic E-state index is 0.0351. The van der Waals surface area contributed by atoms with Crippen molar-refractivity contribution in [1.82, 2.24) is 15.3 Å². The lowest BCUT2D eigenvalue weighted by Crippen LogP contribution is -2.41. The first-order valence-electron chi connectivity index (χ1n) is 11.0. The van der Waals surface area contributed by atoms with E-state index in [1.807, 2.05) is 18.2 Å². The summed E-state index contributed by atoms with van der Waals surface area (Å²) in [7, 11) is 1.57. The number of anilines is 1. The van der Waals surface area contributed by atoms with Gasteiger partial charge in [0, 0.05) is 17.5 Å². The number of para-hydroxylation sites is 1. The molecule has 5 rings (SSSR count). The van der Waals surface area contributed by atoms with Crippen LogP contribution in [0, 0.1) is 0 Å². The molecular formula is C24H26N4O4S. The molecule has 0 saturated carbocycles. The number of aromatic nitrogens is 2. The van der Waals surface area contributed by atoms with Gasteiger partial charge in [-0.05, 0) is 42.7 Å². The molecule has 2 aliphatic heterocycles. The minimum absolute atomic E-state index is 0.0351. The number of carbonyl (C=O) groups excluding carboxylic acids is 1. The Kier molecular flexibility index (Phi) is 6.61. The molecule has 172 valence electrons. The maximum Gasteiger partial charge on any atom is 0.234 e. The molecule has 2 aromatic carbocycles. The molecule has 3 aromatic rings. The van der Waals surface area contributed by atoms with Gasteiger partial charge in [0.15, 0.2) is 0 Å². The van der Waals surface area contributed by atoms with Crippen molar-refractivity contribution >= 4 is 34.4 Å². The van der Waals surface area contributed by atoms with E-state index in [-0.39, 0.29) is 18.1 Å². The van der Waals surface area contributed by atoms with Gasteiger partial charge in [-0.2, -0.15) is 0 Å². The summed E-state index contributed by atoms with van der Waals surface area (Å²) >= 11 is 1.58. The molecule has 1 amide bonds. The molecule has 33 heavy (non-hydrogen) atoms. The van der Waals surface area contributed by atoms with E-state index in [0.717, 1.165) is 41.0 Å². The Morgan fingerprint density at radius 1 is 1.27 bits per heavy atom. The van der Waals surface area contributed by atoms with Crippen LogP contribution in [0.1, 0.15) is 18.4 Å². The molecule has 3 heterocycles. The average Bonchev–Trinajstić information content (AvgIpc) is 2.86. The number of hydrogen-bond acceptors (Lipinski definition) is 8. The Morgan fingerprint density at radius 2 is 2.21 bits per heavy atom. The molecule has 2 atom stereocenters. The first kappa shape index (κ1) is 21.9. The van der Waals surface area contributed by atoms with Gasteiger partial charge in [0.05, 0.1) is 43.0 Å². The Hall–Kier alpha value is -2.88. The second kappa shape index (κ2) is 9.94. The molecule has 8 nitrogen and oxygen atoms in total. The van der Waals surface area contributed by atoms with Crippen LogP contribution in [-0.4, -0.2) is 54.1 Å². The first-order chi connectivity index (χ1) is 16.2. The maximum atomic E-state index is 11.6. The van der Waals surface area contributed by atoms with Gasteiger partial charge in [0.2, 0.25) is 11.8 Å². The van der Waals surface area contributed by atoms with Gasteiger partial charge in [0.1, 0.15) is 17.9 Å². The lowest BCUT2D eigenvalue weighted by atomic mass is 10.0. The molecule has 2 aliphatic rings. The summed E-state index contributed by atoms with van der Waals surface area (Å²) in [5.41, 5.74) is 3.51. The number of fused-ring (bicyclic) bond motifs is 2. The molecule has 1 fully saturated rings. The van der Waals surface area contributed by atoms with E-state index in [0.29, 0.717) is 36.1 Å². The highest BCUT2D eigenvalue weighted by atomic mass is 32.2. The van der Waals surface area contributed by atoms with Crippen LogP contribution in [0.5, 0.6) is 11.6 Å². The van der Waals surface area contributed by atoms with Crippen molar-refractivity contribution in [3.63, 3.8) is 0 Å². The van der Waals surface area contributed by atoms with E-state index in [1.54, 1.807) is 25.1 Å². The molecular weight excluding hydrogens is 440 g/mol. The molecule has 0 bridgehead atoms. The number of carbonyl (C=O) groups is 1. The second-order valence-corrected chi connectivity index (χ2v) is 9.14. The number of ether oxygens (including phenoxy) is 3. The predicted molar refractivity (Wildman–Crippen MR) is 127 cm³/mol. The molecule has 0 aliphatic carbocycles. The van der Waals surface area contributed by atoms with Gasteiger partial charge in [-0.3, -0.25) is 4.79 Å². The number of nitrogens with one attached hydrogen (secondary N) is 2. The van der Waals surface area contributed by atoms with Crippen molar-refractivity contribution < 1.29 is 19.0 Å². The Labute approximate surface area is 196 Å². The van der Waals surface area contributed by atoms with Gasteiger partial charge in [-0.25, -0.2) is 9.97 Å². The number of rotatable bonds is 7. The number of benzene rings is 2. The second-order valence-electron chi connectivity index (χ2n) is 8.13. The molecule has 0 spiro atoms. The normalized spacial score (nSPS) is 20.2. The standard InChI is InChI=1S/C24H26N4O4S/c1-30-23-11-26-18-3-2-4-20(24(18)28-23)32-13-17-7-6-16(12-31-17)25-10-15-5-8-21-19(9-15)27-22(29)14-33-21/h2-5,8-9,11,16-17,25H,6-7,10,12-14H2,1H3,(H,27,29)/t16-,17+/m1/s1. The molecule has 0 unspecified atom stereocenters. The zero-order valence-electron chi connectivity index (χ0n) is 18.4. The molecule has 2 N–H and O–H groups in total. The molecule has 1 aromatic heterocycles. The van der Waals surface area contributed by atoms with Crippen LogP contribution in [0.15, 0.2) is 47.5 Å². The van der Waals surface area contributed by atoms with Crippen LogP contribution in [0.2, 0.25) is 0 Å². The monoisotopic (exact) mass is 466 g/mol. The van der Waals surface area contributed by atoms with Crippen molar-refractivity contribution in [3.8, 4) is 11.6 Å². The highest BCUT2D eigenvalue weighted by Crippen LogP contribution is 2.32. The van der Waals surface area contributed by atoms with Crippen LogP contribution < -0.4 is 20.1 Å². The summed E-state index contributed by atoms with van der Waals surface area (Å²) in [5, 5.41) is 6.52. The number of nitrogens with zero attached hydrogens (tertiary/aromatic N) is 2. The molecule has 0 radical (unpaired) electrons. The van der Waals surface area contributed by atoms with Crippen LogP contribution in [0.25, 0.3) is 11.0 Å². The number of hydrogen-bond donors (Lipinski definition) is 2. The van der Waals surface area contributed by atoms with E-state index in [9.17, 15) is 4.79 Å². The zero-order valence-corrected chi connectivity index (χ0v) is 19.2. The summed E-state index contributed by atoms with van der Waals surface area (Å²) in [6.45, 7) is 1.83. The van der Waals surface area contributed by atoms with Crippen LogP contribution >= 0.6 is 11.8 Å². The van der Waals surface area contributed by atoms with Gasteiger partial charge < -0.3 is 24.8 Å². The topological polar surface area (TPSA) is 94.6 Å². The molecule has 9 heteroatoms. The van der Waals surface area contributed by atoms with Crippen molar-refractivity contribution in [3.05, 3.63) is 48.2 Å². The first-order valence-corrected chi connectivity index (χ1v) is 12.0. The van der Waals surface area contributed by atoms with Gasteiger partial charge >= 0.3 is 0 Å². The Morgan fingerprint density at radius 3 is 3.06 bits per heavy atom. The van der Waals surface area contributed by atoms with E-state index in [2.05, 4.69) is 38.8 Å². The van der Waals surface area contributed by atoms with Gasteiger partial charge in [-0.15, -0.1) is 11.8 Å². The van der Waals surface area contributed by atoms with Crippen LogP contribution in [-0.2, 0) is 16.1 Å². The van der Waals surface area contributed by atoms with Gasteiger partial charge in [0.25, 0.3) is 0 Å². The average molecular weight is 467 g/mol. The smallest absolute Gasteiger partial charge is 0.234 e. The zero-order chi connectivity index (χ0) is 22.6. The van der Waals surface area contributed by atoms with Gasteiger partial charge in [-0.1, -0.05) is 12.1 Å². The predicted octanol–water partition coefficient (Wildman–Crippen LogP) is 3.40. The lowest BCUT2D eigenvalue weighted by molar-refractivity contribution is -0.113. The minimum Gasteiger partial charge on any atom is -0.489 e. The third kappa shape index (κ3) is 5.21. The SMILES string of the molecule is COc1cnc2cccc(OC[C@@H]3CC[C@@H](NCc4ccc5c(c4)NC(=O)CS5)CO3)c2n1. The fourth-order valence-electron chi connectivity index (χ4n) is 3.99. The molecule has 1 saturated heterocycles. The van der Waals surface area contributed by atoms with Crippen LogP contribution in [0.4, 0.5) is 5.69 Å². The van der Waals surface area contributed by atoms with Crippen molar-refractivity contribution in [1.29, 1.82) is 0 Å². The summed E-state index contributed by atoms with van der Waals surface area (Å²) < 4.78 is 17.3.